The number of carbonyl (C=O) groups excluding carboxylic acids is 2. The van der Waals surface area contributed by atoms with Crippen LogP contribution >= 0.6 is 11.6 Å². The highest BCUT2D eigenvalue weighted by Gasteiger charge is 2.38. The van der Waals surface area contributed by atoms with E-state index in [2.05, 4.69) is 20.6 Å². The number of ether oxygens (including phenoxy) is 1. The zero-order valence-electron chi connectivity index (χ0n) is 24.4. The molecule has 13 heteroatoms. The summed E-state index contributed by atoms with van der Waals surface area (Å²) < 4.78 is 21.3. The molecular weight excluding hydrogens is 615 g/mol. The maximum absolute atomic E-state index is 14.7. The number of aromatic carboxylic acids is 1. The van der Waals surface area contributed by atoms with Crippen LogP contribution in [0.4, 0.5) is 10.1 Å². The van der Waals surface area contributed by atoms with Crippen molar-refractivity contribution in [3.05, 3.63) is 118 Å². The van der Waals surface area contributed by atoms with Gasteiger partial charge in [-0.3, -0.25) is 9.59 Å². The molecule has 0 radical (unpaired) electrons. The molecule has 0 saturated heterocycles. The molecule has 3 heterocycles. The van der Waals surface area contributed by atoms with Gasteiger partial charge in [0.1, 0.15) is 11.7 Å². The lowest BCUT2D eigenvalue weighted by Crippen LogP contribution is -2.45. The molecule has 232 valence electrons. The Hall–Kier alpha value is -5.62. The van der Waals surface area contributed by atoms with Gasteiger partial charge in [-0.1, -0.05) is 41.1 Å². The van der Waals surface area contributed by atoms with Gasteiger partial charge in [-0.15, -0.1) is 5.10 Å². The minimum absolute atomic E-state index is 0.00995. The van der Waals surface area contributed by atoms with Crippen molar-refractivity contribution >= 4 is 35.1 Å². The largest absolute Gasteiger partial charge is 0.478 e. The summed E-state index contributed by atoms with van der Waals surface area (Å²) in [5.74, 6) is -2.44. The molecule has 0 fully saturated rings. The third kappa shape index (κ3) is 5.89. The van der Waals surface area contributed by atoms with Gasteiger partial charge in [0.2, 0.25) is 5.88 Å². The monoisotopic (exact) mass is 640 g/mol. The van der Waals surface area contributed by atoms with Gasteiger partial charge in [-0.05, 0) is 72.5 Å². The number of rotatable bonds is 8. The highest BCUT2D eigenvalue weighted by Crippen LogP contribution is 2.37. The average Bonchev–Trinajstić information content (AvgIpc) is 3.56. The molecule has 1 aliphatic rings. The molecule has 5 aromatic rings. The first-order chi connectivity index (χ1) is 22.2. The zero-order chi connectivity index (χ0) is 32.4. The Morgan fingerprint density at radius 1 is 1.07 bits per heavy atom. The SMILES string of the molecule is CCOc1ccc(-c2cccc3c2CCN(C(=O)c2cn(-c4cccc(Cl)c4F)nn2)C3C(=O)Nc2ccc(C(=O)O)cc2)cn1. The normalized spacial score (nSPS) is 14.0. The van der Waals surface area contributed by atoms with Crippen LogP contribution in [0.3, 0.4) is 0 Å². The topological polar surface area (TPSA) is 140 Å². The van der Waals surface area contributed by atoms with Crippen LogP contribution < -0.4 is 10.1 Å². The third-order valence-electron chi connectivity index (χ3n) is 7.56. The lowest BCUT2D eigenvalue weighted by molar-refractivity contribution is -0.121. The number of nitrogens with zero attached hydrogens (tertiary/aromatic N) is 5. The molecule has 1 unspecified atom stereocenters. The number of benzene rings is 3. The van der Waals surface area contributed by atoms with E-state index < -0.39 is 29.6 Å². The van der Waals surface area contributed by atoms with E-state index in [0.29, 0.717) is 30.2 Å². The van der Waals surface area contributed by atoms with Gasteiger partial charge in [-0.2, -0.15) is 0 Å². The van der Waals surface area contributed by atoms with E-state index in [9.17, 15) is 23.9 Å². The summed E-state index contributed by atoms with van der Waals surface area (Å²) in [6.07, 6.45) is 3.40. The summed E-state index contributed by atoms with van der Waals surface area (Å²) in [7, 11) is 0. The molecule has 2 N–H and O–H groups in total. The summed E-state index contributed by atoms with van der Waals surface area (Å²) in [6.45, 7) is 2.51. The fraction of sp³-hybridized carbons (Fsp3) is 0.152. The van der Waals surface area contributed by atoms with Crippen LogP contribution in [0.25, 0.3) is 16.8 Å². The fourth-order valence-corrected chi connectivity index (χ4v) is 5.59. The summed E-state index contributed by atoms with van der Waals surface area (Å²) in [6, 6.07) is 18.2. The summed E-state index contributed by atoms with van der Waals surface area (Å²) in [5, 5.41) is 19.9. The summed E-state index contributed by atoms with van der Waals surface area (Å²) in [5.41, 5.74) is 3.45. The number of aromatic nitrogens is 4. The lowest BCUT2D eigenvalue weighted by atomic mass is 9.86. The van der Waals surface area contributed by atoms with Crippen LogP contribution in [0.15, 0.2) is 85.2 Å². The van der Waals surface area contributed by atoms with E-state index in [1.54, 1.807) is 30.5 Å². The molecule has 46 heavy (non-hydrogen) atoms. The Labute approximate surface area is 267 Å². The molecule has 11 nitrogen and oxygen atoms in total. The van der Waals surface area contributed by atoms with Crippen LogP contribution in [0, 0.1) is 5.82 Å². The van der Waals surface area contributed by atoms with Crippen molar-refractivity contribution in [1.29, 1.82) is 0 Å². The molecule has 3 aromatic carbocycles. The number of anilines is 1. The van der Waals surface area contributed by atoms with E-state index in [1.165, 1.54) is 47.5 Å². The Kier molecular flexibility index (Phi) is 8.45. The van der Waals surface area contributed by atoms with E-state index in [0.717, 1.165) is 21.4 Å². The molecule has 1 atom stereocenters. The summed E-state index contributed by atoms with van der Waals surface area (Å²) in [4.78, 5) is 45.1. The Balaban J connectivity index is 1.37. The molecule has 0 saturated carbocycles. The second kappa shape index (κ2) is 12.8. The number of halogens is 2. The van der Waals surface area contributed by atoms with Crippen LogP contribution in [-0.4, -0.2) is 60.9 Å². The van der Waals surface area contributed by atoms with Crippen LogP contribution in [-0.2, 0) is 11.2 Å². The number of hydrogen-bond acceptors (Lipinski definition) is 7. The number of carboxylic acid groups (broad SMARTS) is 1. The second-order valence-corrected chi connectivity index (χ2v) is 10.7. The highest BCUT2D eigenvalue weighted by molar-refractivity contribution is 6.30. The van der Waals surface area contributed by atoms with E-state index in [1.807, 2.05) is 19.1 Å². The van der Waals surface area contributed by atoms with Crippen LogP contribution in [0.2, 0.25) is 5.02 Å². The van der Waals surface area contributed by atoms with Gasteiger partial charge in [-0.25, -0.2) is 18.9 Å². The van der Waals surface area contributed by atoms with Crippen LogP contribution in [0.5, 0.6) is 5.88 Å². The predicted molar refractivity (Wildman–Crippen MR) is 167 cm³/mol. The lowest BCUT2D eigenvalue weighted by Gasteiger charge is -2.37. The first-order valence-corrected chi connectivity index (χ1v) is 14.7. The average molecular weight is 641 g/mol. The number of hydrogen-bond donors (Lipinski definition) is 2. The molecule has 1 aliphatic heterocycles. The number of carbonyl (C=O) groups is 3. The Morgan fingerprint density at radius 3 is 2.57 bits per heavy atom. The minimum Gasteiger partial charge on any atom is -0.478 e. The van der Waals surface area contributed by atoms with Gasteiger partial charge >= 0.3 is 5.97 Å². The van der Waals surface area contributed by atoms with Gasteiger partial charge < -0.3 is 20.1 Å². The molecule has 2 amide bonds. The smallest absolute Gasteiger partial charge is 0.335 e. The highest BCUT2D eigenvalue weighted by atomic mass is 35.5. The molecule has 0 aliphatic carbocycles. The third-order valence-corrected chi connectivity index (χ3v) is 7.85. The summed E-state index contributed by atoms with van der Waals surface area (Å²) >= 11 is 5.93. The Morgan fingerprint density at radius 2 is 1.85 bits per heavy atom. The van der Waals surface area contributed by atoms with Crippen LogP contribution in [0.1, 0.15) is 44.9 Å². The van der Waals surface area contributed by atoms with E-state index in [-0.39, 0.29) is 28.5 Å². The zero-order valence-corrected chi connectivity index (χ0v) is 25.1. The van der Waals surface area contributed by atoms with Gasteiger partial charge in [0.25, 0.3) is 11.8 Å². The van der Waals surface area contributed by atoms with Crippen molar-refractivity contribution in [3.8, 4) is 22.7 Å². The van der Waals surface area contributed by atoms with Crippen molar-refractivity contribution < 1.29 is 28.6 Å². The van der Waals surface area contributed by atoms with Gasteiger partial charge in [0.15, 0.2) is 11.5 Å². The maximum Gasteiger partial charge on any atom is 0.335 e. The van der Waals surface area contributed by atoms with Crippen molar-refractivity contribution in [2.45, 2.75) is 19.4 Å². The molecule has 0 spiro atoms. The standard InChI is InChI=1S/C33H26ClFN6O5/c1-2-46-28-14-11-20(17-36-28)22-5-3-6-24-23(22)15-16-40(30(24)31(42)37-21-12-9-19(10-13-21)33(44)45)32(43)26-18-41(39-38-26)27-8-4-7-25(34)29(27)35/h3-14,17-18,30H,2,15-16H2,1H3,(H,37,42)(H,44,45). The van der Waals surface area contributed by atoms with Crippen molar-refractivity contribution in [2.24, 2.45) is 0 Å². The van der Waals surface area contributed by atoms with Crippen molar-refractivity contribution in [1.82, 2.24) is 24.9 Å². The fourth-order valence-electron chi connectivity index (χ4n) is 5.42. The first kappa shape index (κ1) is 30.4. The Bertz CT molecular complexity index is 1950. The van der Waals surface area contributed by atoms with Crippen molar-refractivity contribution in [2.75, 3.05) is 18.5 Å². The van der Waals surface area contributed by atoms with E-state index >= 15 is 0 Å². The molecule has 6 rings (SSSR count). The number of fused-ring (bicyclic) bond motifs is 1. The van der Waals surface area contributed by atoms with Crippen molar-refractivity contribution in [3.63, 3.8) is 0 Å². The van der Waals surface area contributed by atoms with Gasteiger partial charge in [0, 0.05) is 30.1 Å². The van der Waals surface area contributed by atoms with Gasteiger partial charge in [0.05, 0.1) is 23.4 Å². The number of pyridine rings is 1. The molecular formula is C33H26ClFN6O5. The first-order valence-electron chi connectivity index (χ1n) is 14.3. The quantitative estimate of drug-likeness (QED) is 0.224. The number of nitrogens with one attached hydrogen (secondary N) is 1. The molecule has 2 aromatic heterocycles. The second-order valence-electron chi connectivity index (χ2n) is 10.3. The predicted octanol–water partition coefficient (Wildman–Crippen LogP) is 5.60. The van der Waals surface area contributed by atoms with E-state index in [4.69, 9.17) is 16.3 Å². The minimum atomic E-state index is -1.10. The maximum atomic E-state index is 14.7. The molecule has 0 bridgehead atoms. The number of amides is 2. The number of carboxylic acids is 1.